The molecule has 9 heteroatoms. The summed E-state index contributed by atoms with van der Waals surface area (Å²) >= 11 is 8.78. The van der Waals surface area contributed by atoms with E-state index in [0.717, 1.165) is 81.3 Å². The molecule has 0 atom stereocenters. The van der Waals surface area contributed by atoms with Crippen molar-refractivity contribution in [3.05, 3.63) is 50.5 Å². The van der Waals surface area contributed by atoms with Crippen molar-refractivity contribution in [3.63, 3.8) is 0 Å². The van der Waals surface area contributed by atoms with Crippen LogP contribution in [0.25, 0.3) is 55.8 Å². The van der Waals surface area contributed by atoms with Crippen molar-refractivity contribution in [2.24, 2.45) is 0 Å². The number of unbranched alkanes of at least 4 members (excludes halogenated alkanes) is 18. The van der Waals surface area contributed by atoms with E-state index in [1.54, 1.807) is 56.7 Å². The zero-order chi connectivity index (χ0) is 51.0. The first-order valence-electron chi connectivity index (χ1n) is 26.4. The number of thiazole rings is 2. The van der Waals surface area contributed by atoms with E-state index >= 15 is 0 Å². The average molecular weight is 1060 g/mol. The number of hydrogen-bond acceptors (Lipinski definition) is 9. The summed E-state index contributed by atoms with van der Waals surface area (Å²) in [6.45, 7) is 12.4. The van der Waals surface area contributed by atoms with Crippen molar-refractivity contribution in [1.29, 1.82) is 0 Å². The molecule has 1 aliphatic rings. The molecule has 0 spiro atoms. The Morgan fingerprint density at radius 3 is 1.44 bits per heavy atom. The van der Waals surface area contributed by atoms with E-state index in [0.29, 0.717) is 18.9 Å². The molecule has 0 bridgehead atoms. The fourth-order valence-electron chi connectivity index (χ4n) is 8.78. The molecule has 1 aliphatic carbocycles. The van der Waals surface area contributed by atoms with Crippen LogP contribution in [0, 0.1) is 97.2 Å². The van der Waals surface area contributed by atoms with E-state index in [2.05, 4.69) is 136 Å². The third-order valence-electron chi connectivity index (χ3n) is 12.7. The Morgan fingerprint density at radius 2 is 0.973 bits per heavy atom. The second-order valence-electron chi connectivity index (χ2n) is 18.6. The van der Waals surface area contributed by atoms with Crippen LogP contribution in [0.5, 0.6) is 11.5 Å². The molecule has 5 aromatic heterocycles. The van der Waals surface area contributed by atoms with Gasteiger partial charge >= 0.3 is 0 Å². The Balaban J connectivity index is 1.22. The topological polar surface area (TPSA) is 44.2 Å². The van der Waals surface area contributed by atoms with Gasteiger partial charge < -0.3 is 9.47 Å². The monoisotopic (exact) mass is 1050 g/mol. The quantitative estimate of drug-likeness (QED) is 0.0381. The summed E-state index contributed by atoms with van der Waals surface area (Å²) in [6.07, 6.45) is 34.0. The number of rotatable bonds is 27. The van der Waals surface area contributed by atoms with Crippen LogP contribution in [0.3, 0.4) is 0 Å². The highest BCUT2D eigenvalue weighted by Crippen LogP contribution is 2.54. The lowest BCUT2D eigenvalue weighted by molar-refractivity contribution is 0.307. The largest absolute Gasteiger partial charge is 0.491 e. The molecule has 374 valence electrons. The molecular formula is C64H66N2O2S5. The molecule has 0 fully saturated rings. The summed E-state index contributed by atoms with van der Waals surface area (Å²) in [7, 11) is 0. The van der Waals surface area contributed by atoms with Crippen LogP contribution in [0.15, 0.2) is 23.8 Å². The molecule has 6 aromatic rings. The summed E-state index contributed by atoms with van der Waals surface area (Å²) in [5, 5.41) is 4.15. The predicted octanol–water partition coefficient (Wildman–Crippen LogP) is 18.3. The number of ether oxygens (including phenoxy) is 2. The Labute approximate surface area is 456 Å². The van der Waals surface area contributed by atoms with Crippen molar-refractivity contribution in [2.45, 2.75) is 169 Å². The van der Waals surface area contributed by atoms with Crippen LogP contribution in [-0.2, 0) is 6.42 Å². The van der Waals surface area contributed by atoms with Crippen molar-refractivity contribution in [1.82, 2.24) is 9.97 Å². The van der Waals surface area contributed by atoms with Crippen LogP contribution in [0.1, 0.15) is 176 Å². The maximum atomic E-state index is 7.02. The fourth-order valence-corrected chi connectivity index (χ4v) is 14.5. The van der Waals surface area contributed by atoms with Crippen LogP contribution in [0.4, 0.5) is 0 Å². The molecule has 0 amide bonds. The molecule has 5 heterocycles. The maximum Gasteiger partial charge on any atom is 0.146 e. The molecule has 73 heavy (non-hydrogen) atoms. The molecule has 0 radical (unpaired) electrons. The van der Waals surface area contributed by atoms with Crippen molar-refractivity contribution in [3.8, 4) is 124 Å². The van der Waals surface area contributed by atoms with Crippen molar-refractivity contribution >= 4 is 82.9 Å². The first-order valence-corrected chi connectivity index (χ1v) is 30.5. The van der Waals surface area contributed by atoms with Gasteiger partial charge in [-0.05, 0) is 147 Å². The normalized spacial score (nSPS) is 11.1. The van der Waals surface area contributed by atoms with Gasteiger partial charge in [-0.1, -0.05) is 135 Å². The van der Waals surface area contributed by atoms with Gasteiger partial charge in [-0.25, -0.2) is 9.97 Å². The van der Waals surface area contributed by atoms with Gasteiger partial charge in [-0.3, -0.25) is 0 Å². The van der Waals surface area contributed by atoms with E-state index in [1.165, 1.54) is 141 Å². The predicted molar refractivity (Wildman–Crippen MR) is 319 cm³/mol. The number of allylic oxidation sites excluding steroid dienone is 1. The highest BCUT2D eigenvalue weighted by molar-refractivity contribution is 7.29. The minimum atomic E-state index is 0.667. The smallest absolute Gasteiger partial charge is 0.146 e. The summed E-state index contributed by atoms with van der Waals surface area (Å²) in [6, 6.07) is 6.91. The number of terminal acetylenes is 1. The van der Waals surface area contributed by atoms with Crippen LogP contribution in [0.2, 0.25) is 0 Å². The van der Waals surface area contributed by atoms with Crippen molar-refractivity contribution < 1.29 is 9.47 Å². The van der Waals surface area contributed by atoms with Gasteiger partial charge in [0.05, 0.1) is 42.9 Å². The Hall–Kier alpha value is -5.64. The number of benzene rings is 1. The molecule has 4 nitrogen and oxygen atoms in total. The lowest BCUT2D eigenvalue weighted by Gasteiger charge is -2.14. The SMILES string of the molecule is C#CC#CC#CC#CC#CC#CC#Cc1nc(-c2cc3c(OCCCCCCCCCCCC)c4sc(-c5nc(C)c(C)s5)cc4c(OCCCCCCCCCCCC)c3s2)sc1-c1cc2c(s1)C=C(C)C2. The zero-order valence-corrected chi connectivity index (χ0v) is 47.5. The second kappa shape index (κ2) is 29.9. The summed E-state index contributed by atoms with van der Waals surface area (Å²) in [4.78, 5) is 17.3. The van der Waals surface area contributed by atoms with Gasteiger partial charge in [-0.15, -0.1) is 63.1 Å². The van der Waals surface area contributed by atoms with E-state index in [1.807, 2.05) is 0 Å². The van der Waals surface area contributed by atoms with Gasteiger partial charge in [0, 0.05) is 25.4 Å². The van der Waals surface area contributed by atoms with E-state index in [4.69, 9.17) is 25.9 Å². The number of nitrogens with zero attached hydrogens (tertiary/aromatic N) is 2. The first kappa shape index (κ1) is 55.1. The summed E-state index contributed by atoms with van der Waals surface area (Å²) < 4.78 is 16.3. The van der Waals surface area contributed by atoms with E-state index in [-0.39, 0.29) is 0 Å². The Morgan fingerprint density at radius 1 is 0.507 bits per heavy atom. The third kappa shape index (κ3) is 16.2. The van der Waals surface area contributed by atoms with Gasteiger partial charge in [0.15, 0.2) is 0 Å². The minimum Gasteiger partial charge on any atom is -0.491 e. The lowest BCUT2D eigenvalue weighted by Crippen LogP contribution is -2.00. The minimum absolute atomic E-state index is 0.667. The summed E-state index contributed by atoms with van der Waals surface area (Å²) in [5.74, 6) is 36.9. The first-order chi connectivity index (χ1) is 35.9. The number of thiophene rings is 3. The molecule has 1 aromatic carbocycles. The second-order valence-corrected chi connectivity index (χ2v) is 24.0. The molecule has 0 aliphatic heterocycles. The number of hydrogen-bond donors (Lipinski definition) is 0. The zero-order valence-electron chi connectivity index (χ0n) is 43.4. The Kier molecular flexibility index (Phi) is 22.6. The van der Waals surface area contributed by atoms with Gasteiger partial charge in [0.2, 0.25) is 0 Å². The van der Waals surface area contributed by atoms with E-state index < -0.39 is 0 Å². The molecular weight excluding hydrogens is 989 g/mol. The van der Waals surface area contributed by atoms with Crippen LogP contribution in [-0.4, -0.2) is 23.2 Å². The molecule has 0 saturated carbocycles. The third-order valence-corrected chi connectivity index (χ3v) is 18.8. The summed E-state index contributed by atoms with van der Waals surface area (Å²) in [5.41, 5.74) is 4.53. The molecule has 7 rings (SSSR count). The number of aromatic nitrogens is 2. The highest BCUT2D eigenvalue weighted by atomic mass is 32.1. The maximum absolute atomic E-state index is 7.02. The lowest BCUT2D eigenvalue weighted by atomic mass is 10.1. The Bertz CT molecular complexity index is 3200. The van der Waals surface area contributed by atoms with Gasteiger partial charge in [0.1, 0.15) is 27.2 Å². The number of aryl methyl sites for hydroxylation is 2. The van der Waals surface area contributed by atoms with E-state index in [9.17, 15) is 0 Å². The molecule has 0 unspecified atom stereocenters. The fraction of sp³-hybridized carbons (Fsp3) is 0.438. The average Bonchev–Trinajstić information content (AvgIpc) is 4.26. The van der Waals surface area contributed by atoms with Crippen LogP contribution < -0.4 is 9.47 Å². The van der Waals surface area contributed by atoms with Crippen molar-refractivity contribution in [2.75, 3.05) is 13.2 Å². The van der Waals surface area contributed by atoms with Gasteiger partial charge in [0.25, 0.3) is 0 Å². The molecule has 0 saturated heterocycles. The standard InChI is InChI=1S/C64H66N2O2S5/c1-7-10-13-16-19-22-25-26-27-30-33-36-39-53-62(55-44-50-42-47(4)43-54(50)70-55)73-64(66-53)57-46-52-59(68-41-38-35-32-29-24-21-18-15-12-9-3)60-51(45-56(71-60)63-65-48(5)49(6)69-63)58(61(52)72-57)67-40-37-34-31-28-23-20-17-14-11-8-2/h1,43-46H,8-9,11-12,14-15,17-18,20-21,23-24,28-29,31-32,34-35,37-38,40-42H2,2-6H3. The van der Waals surface area contributed by atoms with Crippen LogP contribution >= 0.6 is 56.7 Å². The molecule has 0 N–H and O–H groups in total. The van der Waals surface area contributed by atoms with Gasteiger partial charge in [-0.2, -0.15) is 0 Å². The number of fused-ring (bicyclic) bond motifs is 3. The highest BCUT2D eigenvalue weighted by Gasteiger charge is 2.26.